The van der Waals surface area contributed by atoms with Crippen LogP contribution in [0.3, 0.4) is 0 Å². The van der Waals surface area contributed by atoms with Crippen LogP contribution < -0.4 is 4.72 Å². The lowest BCUT2D eigenvalue weighted by molar-refractivity contribution is 0.0789. The van der Waals surface area contributed by atoms with Gasteiger partial charge in [0.25, 0.3) is 5.91 Å². The summed E-state index contributed by atoms with van der Waals surface area (Å²) in [6.07, 6.45) is 5.64. The predicted molar refractivity (Wildman–Crippen MR) is 123 cm³/mol. The second-order valence-electron chi connectivity index (χ2n) is 7.50. The van der Waals surface area contributed by atoms with Crippen LogP contribution in [-0.2, 0) is 29.4 Å². The van der Waals surface area contributed by atoms with Gasteiger partial charge in [-0.2, -0.15) is 0 Å². The Morgan fingerprint density at radius 3 is 2.40 bits per heavy atom. The summed E-state index contributed by atoms with van der Waals surface area (Å²) in [4.78, 5) is 15.7. The molecule has 30 heavy (non-hydrogen) atoms. The number of carbonyl (C=O) groups excluding carboxylic acids is 1. The van der Waals surface area contributed by atoms with E-state index in [-0.39, 0.29) is 17.3 Å². The molecule has 0 spiro atoms. The van der Waals surface area contributed by atoms with E-state index in [9.17, 15) is 13.2 Å². The molecule has 162 valence electrons. The number of hydrogen-bond donors (Lipinski definition) is 1. The maximum absolute atomic E-state index is 13.0. The third-order valence-corrected chi connectivity index (χ3v) is 7.81. The van der Waals surface area contributed by atoms with Crippen LogP contribution in [0.15, 0.2) is 46.2 Å². The fourth-order valence-corrected chi connectivity index (χ4v) is 5.38. The van der Waals surface area contributed by atoms with E-state index in [1.165, 1.54) is 23.4 Å². The molecule has 0 aromatic heterocycles. The number of thioether (sulfide) groups is 1. The number of benzene rings is 2. The van der Waals surface area contributed by atoms with Crippen molar-refractivity contribution in [2.24, 2.45) is 0 Å². The molecule has 1 saturated heterocycles. The second-order valence-corrected chi connectivity index (χ2v) is 10.1. The highest BCUT2D eigenvalue weighted by atomic mass is 32.2. The minimum atomic E-state index is -3.74. The number of carbonyl (C=O) groups is 1. The number of aryl methyl sites for hydroxylation is 2. The lowest BCUT2D eigenvalue weighted by Crippen LogP contribution is -2.29. The molecule has 1 aliphatic heterocycles. The summed E-state index contributed by atoms with van der Waals surface area (Å²) in [5.74, 6) is -0.0854. The van der Waals surface area contributed by atoms with E-state index in [1.807, 2.05) is 11.2 Å². The molecule has 1 fully saturated rings. The van der Waals surface area contributed by atoms with Gasteiger partial charge in [-0.15, -0.1) is 11.8 Å². The zero-order chi connectivity index (χ0) is 21.7. The normalized spacial score (nSPS) is 14.3. The minimum absolute atomic E-state index is 0.0854. The molecule has 0 bridgehead atoms. The van der Waals surface area contributed by atoms with Crippen molar-refractivity contribution in [2.45, 2.75) is 55.9 Å². The number of nitrogens with one attached hydrogen (secondary N) is 1. The van der Waals surface area contributed by atoms with E-state index in [4.69, 9.17) is 0 Å². The molecule has 2 aromatic carbocycles. The Morgan fingerprint density at radius 2 is 1.77 bits per heavy atom. The zero-order valence-corrected chi connectivity index (χ0v) is 19.5. The van der Waals surface area contributed by atoms with Gasteiger partial charge in [-0.05, 0) is 66.8 Å². The Hall–Kier alpha value is -1.83. The van der Waals surface area contributed by atoms with E-state index >= 15 is 0 Å². The van der Waals surface area contributed by atoms with Crippen LogP contribution in [0.4, 0.5) is 0 Å². The van der Waals surface area contributed by atoms with Gasteiger partial charge < -0.3 is 4.90 Å². The van der Waals surface area contributed by atoms with E-state index in [0.717, 1.165) is 54.8 Å². The maximum Gasteiger partial charge on any atom is 0.255 e. The Labute approximate surface area is 184 Å². The van der Waals surface area contributed by atoms with Gasteiger partial charge in [-0.1, -0.05) is 32.0 Å². The Bertz CT molecular complexity index is 1010. The zero-order valence-electron chi connectivity index (χ0n) is 17.9. The summed E-state index contributed by atoms with van der Waals surface area (Å²) in [6.45, 7) is 5.85. The smallest absolute Gasteiger partial charge is 0.255 e. The summed E-state index contributed by atoms with van der Waals surface area (Å²) in [6, 6.07) is 11.1. The second kappa shape index (κ2) is 9.98. The summed E-state index contributed by atoms with van der Waals surface area (Å²) < 4.78 is 28.8. The molecule has 1 heterocycles. The molecule has 7 heteroatoms. The van der Waals surface area contributed by atoms with Crippen molar-refractivity contribution >= 4 is 27.7 Å². The van der Waals surface area contributed by atoms with Crippen LogP contribution >= 0.6 is 11.8 Å². The first kappa shape index (κ1) is 22.8. The van der Waals surface area contributed by atoms with Gasteiger partial charge in [0.2, 0.25) is 10.0 Å². The standard InChI is InChI=1S/C23H30N2O3S2/c1-4-17-8-9-18(5-2)19(14-17)16-24-30(27,28)20-10-11-22(29-3)21(15-20)23(26)25-12-6-7-13-25/h8-11,14-15,24H,4-7,12-13,16H2,1-3H3. The highest BCUT2D eigenvalue weighted by Gasteiger charge is 2.24. The predicted octanol–water partition coefficient (Wildman–Crippen LogP) is 4.25. The third-order valence-electron chi connectivity index (χ3n) is 5.62. The molecule has 0 unspecified atom stereocenters. The molecule has 3 rings (SSSR count). The SMILES string of the molecule is CCc1ccc(CC)c(CNS(=O)(=O)c2ccc(SC)c(C(=O)N3CCCC3)c2)c1. The van der Waals surface area contributed by atoms with Gasteiger partial charge in [-0.3, -0.25) is 4.79 Å². The Morgan fingerprint density at radius 1 is 1.03 bits per heavy atom. The van der Waals surface area contributed by atoms with Crippen molar-refractivity contribution < 1.29 is 13.2 Å². The molecule has 1 amide bonds. The molecule has 0 atom stereocenters. The van der Waals surface area contributed by atoms with Crippen LogP contribution in [0.25, 0.3) is 0 Å². The van der Waals surface area contributed by atoms with Gasteiger partial charge >= 0.3 is 0 Å². The molecule has 5 nitrogen and oxygen atoms in total. The number of rotatable bonds is 8. The third kappa shape index (κ3) is 5.07. The number of sulfonamides is 1. The van der Waals surface area contributed by atoms with E-state index < -0.39 is 10.0 Å². The average molecular weight is 447 g/mol. The van der Waals surface area contributed by atoms with Crippen LogP contribution in [0, 0.1) is 0 Å². The quantitative estimate of drug-likeness (QED) is 0.616. The van der Waals surface area contributed by atoms with Crippen molar-refractivity contribution in [3.63, 3.8) is 0 Å². The van der Waals surface area contributed by atoms with Gasteiger partial charge in [0.1, 0.15) is 0 Å². The number of nitrogens with zero attached hydrogens (tertiary/aromatic N) is 1. The molecule has 0 aliphatic carbocycles. The van der Waals surface area contributed by atoms with E-state index in [1.54, 1.807) is 12.1 Å². The lowest BCUT2D eigenvalue weighted by Gasteiger charge is -2.18. The summed E-state index contributed by atoms with van der Waals surface area (Å²) >= 11 is 1.46. The minimum Gasteiger partial charge on any atom is -0.339 e. The van der Waals surface area contributed by atoms with Crippen molar-refractivity contribution in [3.05, 3.63) is 58.7 Å². The highest BCUT2D eigenvalue weighted by molar-refractivity contribution is 7.98. The summed E-state index contributed by atoms with van der Waals surface area (Å²) in [5.41, 5.74) is 3.78. The topological polar surface area (TPSA) is 66.5 Å². The van der Waals surface area contributed by atoms with Crippen LogP contribution in [0.2, 0.25) is 0 Å². The fraction of sp³-hybridized carbons (Fsp3) is 0.435. The lowest BCUT2D eigenvalue weighted by atomic mass is 10.0. The molecular weight excluding hydrogens is 416 g/mol. The van der Waals surface area contributed by atoms with Gasteiger partial charge in [0, 0.05) is 24.5 Å². The molecule has 1 aliphatic rings. The van der Waals surface area contributed by atoms with Crippen molar-refractivity contribution in [1.82, 2.24) is 9.62 Å². The maximum atomic E-state index is 13.0. The van der Waals surface area contributed by atoms with E-state index in [2.05, 4.69) is 36.8 Å². The fourth-order valence-electron chi connectivity index (χ4n) is 3.78. The monoisotopic (exact) mass is 446 g/mol. The summed E-state index contributed by atoms with van der Waals surface area (Å²) in [5, 5.41) is 0. The van der Waals surface area contributed by atoms with Crippen molar-refractivity contribution in [3.8, 4) is 0 Å². The highest BCUT2D eigenvalue weighted by Crippen LogP contribution is 2.26. The molecule has 1 N–H and O–H groups in total. The Kier molecular flexibility index (Phi) is 7.60. The van der Waals surface area contributed by atoms with Gasteiger partial charge in [0.05, 0.1) is 10.5 Å². The molecule has 2 aromatic rings. The van der Waals surface area contributed by atoms with Crippen molar-refractivity contribution in [2.75, 3.05) is 19.3 Å². The van der Waals surface area contributed by atoms with Crippen molar-refractivity contribution in [1.29, 1.82) is 0 Å². The molecule has 0 saturated carbocycles. The first-order chi connectivity index (χ1) is 14.4. The first-order valence-corrected chi connectivity index (χ1v) is 13.2. The van der Waals surface area contributed by atoms with Crippen LogP contribution in [-0.4, -0.2) is 38.6 Å². The number of hydrogen-bond acceptors (Lipinski definition) is 4. The molecule has 0 radical (unpaired) electrons. The Balaban J connectivity index is 1.86. The first-order valence-electron chi connectivity index (χ1n) is 10.5. The van der Waals surface area contributed by atoms with Crippen LogP contribution in [0.1, 0.15) is 53.7 Å². The number of likely N-dealkylation sites (tertiary alicyclic amines) is 1. The van der Waals surface area contributed by atoms with Gasteiger partial charge in [0.15, 0.2) is 0 Å². The van der Waals surface area contributed by atoms with E-state index in [0.29, 0.717) is 5.56 Å². The molecular formula is C23H30N2O3S2. The van der Waals surface area contributed by atoms with Crippen LogP contribution in [0.5, 0.6) is 0 Å². The largest absolute Gasteiger partial charge is 0.339 e. The average Bonchev–Trinajstić information content (AvgIpc) is 3.31. The number of amides is 1. The summed E-state index contributed by atoms with van der Waals surface area (Å²) in [7, 11) is -3.74. The van der Waals surface area contributed by atoms with Gasteiger partial charge in [-0.25, -0.2) is 13.1 Å².